The van der Waals surface area contributed by atoms with Gasteiger partial charge in [0.05, 0.1) is 31.9 Å². The molecule has 0 amide bonds. The maximum absolute atomic E-state index is 11.7. The van der Waals surface area contributed by atoms with Gasteiger partial charge in [-0.3, -0.25) is 40.4 Å². The third-order valence-electron chi connectivity index (χ3n) is 4.58. The van der Waals surface area contributed by atoms with Crippen molar-refractivity contribution in [2.45, 2.75) is 0 Å². The lowest BCUT2D eigenvalue weighted by Crippen LogP contribution is -2.13. The molecule has 12 heteroatoms. The Kier molecular flexibility index (Phi) is 4.43. The van der Waals surface area contributed by atoms with Gasteiger partial charge in [0, 0.05) is 10.8 Å². The van der Waals surface area contributed by atoms with Crippen LogP contribution in [0, 0.1) is 30.3 Å². The molecule has 150 valence electrons. The SMILES string of the molecule is O=[N+]([O-])c1cc([N+](=O)[O-])c(Nn2c3ccccc3c3ccccc32)c([N+](=O)[O-])c1Cl. The fraction of sp³-hybridized carbons (Fsp3) is 0. The van der Waals surface area contributed by atoms with Crippen LogP contribution in [0.2, 0.25) is 5.02 Å². The van der Waals surface area contributed by atoms with E-state index < -0.39 is 42.5 Å². The number of rotatable bonds is 5. The standard InChI is InChI=1S/C18H10ClN5O6/c19-16-14(22(25)26)9-15(23(27)28)17(18(16)24(29)30)20-21-12-7-3-1-5-10(12)11-6-2-4-8-13(11)21/h1-9,20H. The summed E-state index contributed by atoms with van der Waals surface area (Å²) >= 11 is 5.90. The summed E-state index contributed by atoms with van der Waals surface area (Å²) in [5.74, 6) is 0. The predicted molar refractivity (Wildman–Crippen MR) is 110 cm³/mol. The minimum Gasteiger partial charge on any atom is -0.281 e. The Morgan fingerprint density at radius 1 is 0.767 bits per heavy atom. The van der Waals surface area contributed by atoms with Crippen LogP contribution in [0.5, 0.6) is 0 Å². The summed E-state index contributed by atoms with van der Waals surface area (Å²) in [4.78, 5) is 31.5. The average Bonchev–Trinajstić information content (AvgIpc) is 3.01. The zero-order chi connectivity index (χ0) is 21.6. The molecule has 3 aromatic carbocycles. The normalized spacial score (nSPS) is 11.0. The lowest BCUT2D eigenvalue weighted by atomic mass is 10.2. The number of benzene rings is 3. The molecule has 0 unspecified atom stereocenters. The summed E-state index contributed by atoms with van der Waals surface area (Å²) in [6.07, 6.45) is 0. The summed E-state index contributed by atoms with van der Waals surface area (Å²) in [7, 11) is 0. The van der Waals surface area contributed by atoms with Crippen molar-refractivity contribution in [3.63, 3.8) is 0 Å². The monoisotopic (exact) mass is 427 g/mol. The van der Waals surface area contributed by atoms with Gasteiger partial charge in [-0.1, -0.05) is 48.0 Å². The first-order valence-electron chi connectivity index (χ1n) is 8.36. The first kappa shape index (κ1) is 19.1. The van der Waals surface area contributed by atoms with E-state index in [0.29, 0.717) is 17.1 Å². The second-order valence-corrected chi connectivity index (χ2v) is 6.58. The smallest absolute Gasteiger partial charge is 0.281 e. The Morgan fingerprint density at radius 3 is 1.73 bits per heavy atom. The molecule has 0 radical (unpaired) electrons. The molecule has 4 rings (SSSR count). The molecule has 4 aromatic rings. The highest BCUT2D eigenvalue weighted by Crippen LogP contribution is 2.46. The van der Waals surface area contributed by atoms with Crippen LogP contribution < -0.4 is 5.43 Å². The molecule has 0 aliphatic carbocycles. The highest BCUT2D eigenvalue weighted by molar-refractivity contribution is 6.35. The number of hydrogen-bond acceptors (Lipinski definition) is 7. The molecule has 0 aliphatic rings. The van der Waals surface area contributed by atoms with Crippen LogP contribution in [-0.4, -0.2) is 19.4 Å². The number of fused-ring (bicyclic) bond motifs is 3. The number of nitro benzene ring substituents is 3. The van der Waals surface area contributed by atoms with Crippen molar-refractivity contribution in [3.05, 3.63) is 90.0 Å². The largest absolute Gasteiger partial charge is 0.326 e. The number of anilines is 1. The molecule has 11 nitrogen and oxygen atoms in total. The topological polar surface area (TPSA) is 146 Å². The molecule has 0 aliphatic heterocycles. The Hall–Kier alpha value is -4.25. The summed E-state index contributed by atoms with van der Waals surface area (Å²) < 4.78 is 1.45. The summed E-state index contributed by atoms with van der Waals surface area (Å²) in [5.41, 5.74) is 0.594. The van der Waals surface area contributed by atoms with Gasteiger partial charge in [-0.05, 0) is 12.1 Å². The molecule has 0 saturated heterocycles. The van der Waals surface area contributed by atoms with E-state index in [1.54, 1.807) is 24.3 Å². The summed E-state index contributed by atoms with van der Waals surface area (Å²) in [5, 5.41) is 35.3. The first-order valence-corrected chi connectivity index (χ1v) is 8.74. The summed E-state index contributed by atoms with van der Waals surface area (Å²) in [6, 6.07) is 14.8. The Morgan fingerprint density at radius 2 is 1.27 bits per heavy atom. The lowest BCUT2D eigenvalue weighted by Gasteiger charge is -2.12. The van der Waals surface area contributed by atoms with E-state index in [4.69, 9.17) is 11.6 Å². The van der Waals surface area contributed by atoms with Crippen molar-refractivity contribution in [1.29, 1.82) is 0 Å². The zero-order valence-electron chi connectivity index (χ0n) is 14.8. The van der Waals surface area contributed by atoms with Gasteiger partial charge in [-0.15, -0.1) is 0 Å². The van der Waals surface area contributed by atoms with Crippen molar-refractivity contribution in [2.75, 3.05) is 5.43 Å². The molecule has 1 N–H and O–H groups in total. The third kappa shape index (κ3) is 2.84. The fourth-order valence-corrected chi connectivity index (χ4v) is 3.62. The number of aromatic nitrogens is 1. The maximum Gasteiger partial charge on any atom is 0.326 e. The Labute approximate surface area is 171 Å². The van der Waals surface area contributed by atoms with Crippen molar-refractivity contribution in [3.8, 4) is 0 Å². The number of halogens is 1. The van der Waals surface area contributed by atoms with Crippen LogP contribution in [0.4, 0.5) is 22.7 Å². The van der Waals surface area contributed by atoms with Gasteiger partial charge in [0.25, 0.3) is 0 Å². The number of para-hydroxylation sites is 2. The van der Waals surface area contributed by atoms with Crippen LogP contribution in [0.1, 0.15) is 0 Å². The van der Waals surface area contributed by atoms with Crippen molar-refractivity contribution < 1.29 is 14.8 Å². The minimum atomic E-state index is -1.01. The second-order valence-electron chi connectivity index (χ2n) is 6.21. The molecule has 0 spiro atoms. The molecule has 1 heterocycles. The van der Waals surface area contributed by atoms with E-state index in [-0.39, 0.29) is 0 Å². The van der Waals surface area contributed by atoms with Crippen molar-refractivity contribution >= 4 is 56.2 Å². The average molecular weight is 428 g/mol. The van der Waals surface area contributed by atoms with Gasteiger partial charge in [0.2, 0.25) is 5.69 Å². The third-order valence-corrected chi connectivity index (χ3v) is 4.95. The molecular weight excluding hydrogens is 418 g/mol. The minimum absolute atomic E-state index is 0.563. The van der Waals surface area contributed by atoms with Crippen molar-refractivity contribution in [1.82, 2.24) is 4.68 Å². The van der Waals surface area contributed by atoms with Gasteiger partial charge in [0.1, 0.15) is 0 Å². The first-order chi connectivity index (χ1) is 14.3. The van der Waals surface area contributed by atoms with E-state index in [1.165, 1.54) is 4.68 Å². The Bertz CT molecular complexity index is 1330. The van der Waals surface area contributed by atoms with Crippen LogP contribution in [0.15, 0.2) is 54.6 Å². The van der Waals surface area contributed by atoms with Gasteiger partial charge in [0.15, 0.2) is 5.02 Å². The molecule has 0 bridgehead atoms. The lowest BCUT2D eigenvalue weighted by molar-refractivity contribution is -0.401. The zero-order valence-corrected chi connectivity index (χ0v) is 15.6. The van der Waals surface area contributed by atoms with E-state index in [9.17, 15) is 30.3 Å². The number of nitro groups is 3. The Balaban J connectivity index is 2.07. The molecule has 0 atom stereocenters. The van der Waals surface area contributed by atoms with E-state index in [2.05, 4.69) is 5.43 Å². The van der Waals surface area contributed by atoms with Crippen molar-refractivity contribution in [2.24, 2.45) is 0 Å². The predicted octanol–water partition coefficient (Wildman–Crippen LogP) is 5.05. The molecule has 0 saturated carbocycles. The van der Waals surface area contributed by atoms with Crippen LogP contribution in [0.25, 0.3) is 21.8 Å². The van der Waals surface area contributed by atoms with Crippen LogP contribution in [0.3, 0.4) is 0 Å². The quantitative estimate of drug-likeness (QED) is 0.346. The molecule has 0 fully saturated rings. The van der Waals surface area contributed by atoms with E-state index in [1.807, 2.05) is 24.3 Å². The fourth-order valence-electron chi connectivity index (χ4n) is 3.33. The van der Waals surface area contributed by atoms with Crippen LogP contribution >= 0.6 is 11.6 Å². The number of nitrogens with zero attached hydrogens (tertiary/aromatic N) is 4. The molecule has 1 aromatic heterocycles. The maximum atomic E-state index is 11.7. The van der Waals surface area contributed by atoms with Gasteiger partial charge in [-0.2, -0.15) is 0 Å². The highest BCUT2D eigenvalue weighted by Gasteiger charge is 2.36. The van der Waals surface area contributed by atoms with Gasteiger partial charge in [-0.25, -0.2) is 0 Å². The van der Waals surface area contributed by atoms with E-state index >= 15 is 0 Å². The number of nitrogens with one attached hydrogen (secondary N) is 1. The second kappa shape index (κ2) is 6.97. The summed E-state index contributed by atoms with van der Waals surface area (Å²) in [6.45, 7) is 0. The highest BCUT2D eigenvalue weighted by atomic mass is 35.5. The van der Waals surface area contributed by atoms with Gasteiger partial charge >= 0.3 is 17.1 Å². The number of hydrogen-bond donors (Lipinski definition) is 1. The van der Waals surface area contributed by atoms with Gasteiger partial charge < -0.3 is 0 Å². The molecule has 30 heavy (non-hydrogen) atoms. The molecular formula is C18H10ClN5O6. The van der Waals surface area contributed by atoms with E-state index in [0.717, 1.165) is 10.8 Å². The van der Waals surface area contributed by atoms with Crippen LogP contribution in [-0.2, 0) is 0 Å².